The number of nitrogens with zero attached hydrogens (tertiary/aromatic N) is 1. The van der Waals surface area contributed by atoms with Gasteiger partial charge >= 0.3 is 5.97 Å². The largest absolute Gasteiger partial charge is 0.464 e. The van der Waals surface area contributed by atoms with Gasteiger partial charge in [0.15, 0.2) is 5.69 Å². The predicted molar refractivity (Wildman–Crippen MR) is 49.4 cm³/mol. The summed E-state index contributed by atoms with van der Waals surface area (Å²) in [5, 5.41) is 2.56. The molecule has 0 aliphatic rings. The van der Waals surface area contributed by atoms with Gasteiger partial charge in [0, 0.05) is 5.38 Å². The van der Waals surface area contributed by atoms with Gasteiger partial charge in [-0.15, -0.1) is 24.5 Å². The molecule has 0 radical (unpaired) electrons. The number of methoxy groups -OCH3 is 1. The van der Waals surface area contributed by atoms with E-state index in [1.807, 2.05) is 6.92 Å². The highest BCUT2D eigenvalue weighted by molar-refractivity contribution is 7.09. The maximum absolute atomic E-state index is 10.7. The molecule has 0 aliphatic carbocycles. The maximum Gasteiger partial charge on any atom is 0.357 e. The van der Waals surface area contributed by atoms with Gasteiger partial charge in [0.25, 0.3) is 0 Å². The number of ether oxygens (including phenoxy) is 1. The first-order chi connectivity index (χ1) is 5.74. The number of carbonyl (C=O) groups is 1. The Hall–Kier alpha value is -1.16. The molecule has 0 spiro atoms. The van der Waals surface area contributed by atoms with Gasteiger partial charge in [0.1, 0.15) is 0 Å². The van der Waals surface area contributed by atoms with Crippen LogP contribution in [-0.4, -0.2) is 18.1 Å². The summed E-state index contributed by atoms with van der Waals surface area (Å²) < 4.78 is 4.45. The zero-order chi connectivity index (χ0) is 9.56. The average Bonchev–Trinajstić information content (AvgIpc) is 2.54. The fraction of sp³-hybridized carbons (Fsp3) is 0.250. The minimum atomic E-state index is -0.371. The number of esters is 1. The molecule has 1 heterocycles. The standard InChI is InChI=1S/C6H7NO2S.C2H4/c1-4-7-5(3-10-4)6(8)9-2;1-2/h3H,1-2H3;1-2H2. The normalized spacial score (nSPS) is 8.17. The molecule has 0 bridgehead atoms. The van der Waals surface area contributed by atoms with E-state index in [0.717, 1.165) is 5.01 Å². The second-order valence-corrected chi connectivity index (χ2v) is 2.81. The number of rotatable bonds is 1. The number of hydrogen-bond donors (Lipinski definition) is 0. The van der Waals surface area contributed by atoms with E-state index in [2.05, 4.69) is 22.9 Å². The Morgan fingerprint density at radius 1 is 1.67 bits per heavy atom. The summed E-state index contributed by atoms with van der Waals surface area (Å²) in [6, 6.07) is 0. The fourth-order valence-corrected chi connectivity index (χ4v) is 1.14. The van der Waals surface area contributed by atoms with E-state index in [-0.39, 0.29) is 5.97 Å². The fourth-order valence-electron chi connectivity index (χ4n) is 0.562. The number of hydrogen-bond acceptors (Lipinski definition) is 4. The Morgan fingerprint density at radius 2 is 2.25 bits per heavy atom. The molecule has 0 saturated carbocycles. The van der Waals surface area contributed by atoms with Gasteiger partial charge in [-0.25, -0.2) is 9.78 Å². The molecular formula is C8H11NO2S. The first kappa shape index (κ1) is 10.8. The van der Waals surface area contributed by atoms with Crippen molar-refractivity contribution >= 4 is 17.3 Å². The Morgan fingerprint density at radius 3 is 2.58 bits per heavy atom. The van der Waals surface area contributed by atoms with E-state index in [1.54, 1.807) is 5.38 Å². The third-order valence-electron chi connectivity index (χ3n) is 1.01. The third-order valence-corrected chi connectivity index (χ3v) is 1.79. The van der Waals surface area contributed by atoms with Crippen LogP contribution in [-0.2, 0) is 4.74 Å². The van der Waals surface area contributed by atoms with Crippen LogP contribution >= 0.6 is 11.3 Å². The topological polar surface area (TPSA) is 39.2 Å². The van der Waals surface area contributed by atoms with Crippen LogP contribution in [0.25, 0.3) is 0 Å². The Bertz CT molecular complexity index is 257. The van der Waals surface area contributed by atoms with Crippen molar-refractivity contribution in [2.24, 2.45) is 0 Å². The summed E-state index contributed by atoms with van der Waals surface area (Å²) in [5.41, 5.74) is 0.394. The van der Waals surface area contributed by atoms with Gasteiger partial charge in [-0.2, -0.15) is 0 Å². The summed E-state index contributed by atoms with van der Waals surface area (Å²) in [7, 11) is 1.34. The van der Waals surface area contributed by atoms with Gasteiger partial charge in [-0.05, 0) is 6.92 Å². The molecule has 0 unspecified atom stereocenters. The summed E-state index contributed by atoms with van der Waals surface area (Å²) in [6.07, 6.45) is 0. The minimum Gasteiger partial charge on any atom is -0.464 e. The first-order valence-corrected chi connectivity index (χ1v) is 4.12. The summed E-state index contributed by atoms with van der Waals surface area (Å²) >= 11 is 1.44. The Kier molecular flexibility index (Phi) is 4.96. The van der Waals surface area contributed by atoms with E-state index in [1.165, 1.54) is 18.4 Å². The van der Waals surface area contributed by atoms with Crippen molar-refractivity contribution in [3.8, 4) is 0 Å². The van der Waals surface area contributed by atoms with Crippen LogP contribution in [0.5, 0.6) is 0 Å². The lowest BCUT2D eigenvalue weighted by molar-refractivity contribution is 0.0595. The van der Waals surface area contributed by atoms with Gasteiger partial charge in [0.05, 0.1) is 12.1 Å². The highest BCUT2D eigenvalue weighted by Crippen LogP contribution is 2.08. The molecule has 0 amide bonds. The molecule has 66 valence electrons. The highest BCUT2D eigenvalue weighted by Gasteiger charge is 2.07. The number of carbonyl (C=O) groups excluding carboxylic acids is 1. The quantitative estimate of drug-likeness (QED) is 0.496. The minimum absolute atomic E-state index is 0.371. The van der Waals surface area contributed by atoms with Crippen molar-refractivity contribution in [1.82, 2.24) is 4.98 Å². The molecule has 4 heteroatoms. The van der Waals surface area contributed by atoms with Crippen LogP contribution in [0.1, 0.15) is 15.5 Å². The first-order valence-electron chi connectivity index (χ1n) is 3.24. The molecule has 12 heavy (non-hydrogen) atoms. The van der Waals surface area contributed by atoms with Crippen LogP contribution in [0.3, 0.4) is 0 Å². The number of aromatic nitrogens is 1. The van der Waals surface area contributed by atoms with Crippen molar-refractivity contribution < 1.29 is 9.53 Å². The predicted octanol–water partition coefficient (Wildman–Crippen LogP) is 2.04. The Labute approximate surface area is 75.7 Å². The maximum atomic E-state index is 10.7. The molecule has 1 aromatic heterocycles. The molecule has 0 N–H and O–H groups in total. The van der Waals surface area contributed by atoms with Crippen LogP contribution < -0.4 is 0 Å². The van der Waals surface area contributed by atoms with Crippen molar-refractivity contribution in [2.75, 3.05) is 7.11 Å². The van der Waals surface area contributed by atoms with Crippen molar-refractivity contribution in [1.29, 1.82) is 0 Å². The number of aryl methyl sites for hydroxylation is 1. The molecular weight excluding hydrogens is 174 g/mol. The van der Waals surface area contributed by atoms with Gasteiger partial charge in [0.2, 0.25) is 0 Å². The molecule has 1 aromatic rings. The summed E-state index contributed by atoms with van der Waals surface area (Å²) in [5.74, 6) is -0.371. The summed E-state index contributed by atoms with van der Waals surface area (Å²) in [4.78, 5) is 14.7. The van der Waals surface area contributed by atoms with Crippen LogP contribution in [0.15, 0.2) is 18.5 Å². The SMILES string of the molecule is C=C.COC(=O)c1csc(C)n1. The van der Waals surface area contributed by atoms with Crippen molar-refractivity contribution in [2.45, 2.75) is 6.92 Å². The smallest absolute Gasteiger partial charge is 0.357 e. The monoisotopic (exact) mass is 185 g/mol. The third kappa shape index (κ3) is 2.84. The Balaban J connectivity index is 0.000000561. The molecule has 1 rings (SSSR count). The lowest BCUT2D eigenvalue weighted by Gasteiger charge is -1.89. The van der Waals surface area contributed by atoms with Crippen molar-refractivity contribution in [3.63, 3.8) is 0 Å². The second kappa shape index (κ2) is 5.49. The lowest BCUT2D eigenvalue weighted by Crippen LogP contribution is -2.00. The zero-order valence-corrected chi connectivity index (χ0v) is 7.98. The second-order valence-electron chi connectivity index (χ2n) is 1.74. The highest BCUT2D eigenvalue weighted by atomic mass is 32.1. The summed E-state index contributed by atoms with van der Waals surface area (Å²) in [6.45, 7) is 7.84. The molecule has 3 nitrogen and oxygen atoms in total. The van der Waals surface area contributed by atoms with E-state index >= 15 is 0 Å². The lowest BCUT2D eigenvalue weighted by atomic mass is 10.5. The van der Waals surface area contributed by atoms with Crippen LogP contribution in [0, 0.1) is 6.92 Å². The average molecular weight is 185 g/mol. The number of thiazole rings is 1. The molecule has 0 saturated heterocycles. The van der Waals surface area contributed by atoms with Gasteiger partial charge in [-0.1, -0.05) is 0 Å². The van der Waals surface area contributed by atoms with Crippen molar-refractivity contribution in [3.05, 3.63) is 29.2 Å². The molecule has 0 fully saturated rings. The van der Waals surface area contributed by atoms with Gasteiger partial charge < -0.3 is 4.74 Å². The molecule has 0 atom stereocenters. The van der Waals surface area contributed by atoms with E-state index in [4.69, 9.17) is 0 Å². The van der Waals surface area contributed by atoms with Gasteiger partial charge in [-0.3, -0.25) is 0 Å². The van der Waals surface area contributed by atoms with E-state index < -0.39 is 0 Å². The molecule has 0 aliphatic heterocycles. The molecule has 0 aromatic carbocycles. The van der Waals surface area contributed by atoms with E-state index in [0.29, 0.717) is 5.69 Å². The van der Waals surface area contributed by atoms with Crippen LogP contribution in [0.2, 0.25) is 0 Å². The van der Waals surface area contributed by atoms with Crippen LogP contribution in [0.4, 0.5) is 0 Å². The zero-order valence-electron chi connectivity index (χ0n) is 7.16. The van der Waals surface area contributed by atoms with E-state index in [9.17, 15) is 4.79 Å².